The van der Waals surface area contributed by atoms with Crippen molar-refractivity contribution < 1.29 is 31.6 Å². The van der Waals surface area contributed by atoms with E-state index in [1.165, 1.54) is 51.4 Å². The molecule has 3 aromatic carbocycles. The third-order valence-electron chi connectivity index (χ3n) is 8.50. The van der Waals surface area contributed by atoms with E-state index in [1.807, 2.05) is 6.07 Å². The van der Waals surface area contributed by atoms with Crippen molar-refractivity contribution in [3.05, 3.63) is 96.6 Å². The van der Waals surface area contributed by atoms with Gasteiger partial charge in [-0.3, -0.25) is 0 Å². The summed E-state index contributed by atoms with van der Waals surface area (Å²) in [5.41, 5.74) is 2.29. The zero-order valence-corrected chi connectivity index (χ0v) is 33.0. The number of rotatable bonds is 5. The van der Waals surface area contributed by atoms with Gasteiger partial charge in [-0.25, -0.2) is 0 Å². The van der Waals surface area contributed by atoms with E-state index in [9.17, 15) is 0 Å². The summed E-state index contributed by atoms with van der Waals surface area (Å²) in [5, 5.41) is 12.2. The molecule has 0 radical (unpaired) electrons. The van der Waals surface area contributed by atoms with Crippen molar-refractivity contribution in [3.8, 4) is 6.07 Å². The Morgan fingerprint density at radius 2 is 1.16 bits per heavy atom. The minimum Gasteiger partial charge on any atom is 0 e. The van der Waals surface area contributed by atoms with Crippen LogP contribution in [0.5, 0.6) is 0 Å². The summed E-state index contributed by atoms with van der Waals surface area (Å²) in [7, 11) is 3.86. The Bertz CT molecular complexity index is 1140. The van der Waals surface area contributed by atoms with Crippen LogP contribution in [0.4, 0.5) is 0 Å². The van der Waals surface area contributed by atoms with E-state index in [0.29, 0.717) is 15.9 Å². The summed E-state index contributed by atoms with van der Waals surface area (Å²) < 4.78 is 0. The monoisotopic (exact) mass is 747 g/mol. The van der Waals surface area contributed by atoms with Gasteiger partial charge in [0.05, 0.1) is 6.07 Å². The average Bonchev–Trinajstić information content (AvgIpc) is 3.75. The van der Waals surface area contributed by atoms with Crippen molar-refractivity contribution in [2.45, 2.75) is 121 Å². The topological polar surface area (TPSA) is 23.8 Å². The van der Waals surface area contributed by atoms with Crippen LogP contribution < -0.4 is 10.6 Å². The molecule has 0 amide bonds. The van der Waals surface area contributed by atoms with E-state index < -0.39 is 0 Å². The van der Waals surface area contributed by atoms with Crippen molar-refractivity contribution >= 4 is 36.6 Å². The Balaban J connectivity index is 0.000000518. The molecule has 0 N–H and O–H groups in total. The van der Waals surface area contributed by atoms with E-state index in [0.717, 1.165) is 17.2 Å². The van der Waals surface area contributed by atoms with Gasteiger partial charge in [0.15, 0.2) is 0 Å². The molecule has 2 unspecified atom stereocenters. The zero-order valence-electron chi connectivity index (χ0n) is 28.4. The average molecular weight is 749 g/mol. The maximum atomic E-state index is 8.27. The Labute approximate surface area is 301 Å². The molecular formula is C39H54ClFeNNiP2-. The molecule has 2 aliphatic carbocycles. The molecule has 0 saturated heterocycles. The fourth-order valence-electron chi connectivity index (χ4n) is 7.33. The zero-order chi connectivity index (χ0) is 32.6. The second-order valence-electron chi connectivity index (χ2n) is 13.8. The Hall–Kier alpha value is -0.687. The van der Waals surface area contributed by atoms with Crippen LogP contribution in [0.25, 0.3) is 0 Å². The largest absolute Gasteiger partial charge is 0 e. The molecule has 3 aromatic rings. The van der Waals surface area contributed by atoms with Gasteiger partial charge in [-0.05, 0) is 58.9 Å². The van der Waals surface area contributed by atoms with Crippen LogP contribution >= 0.6 is 26.0 Å². The van der Waals surface area contributed by atoms with Gasteiger partial charge < -0.3 is 0 Å². The van der Waals surface area contributed by atoms with Crippen LogP contribution in [-0.4, -0.2) is 21.6 Å². The molecule has 0 heterocycles. The van der Waals surface area contributed by atoms with Gasteiger partial charge >= 0.3 is 24.8 Å². The number of nitrogens with zero attached hydrogens (tertiary/aromatic N) is 1. The molecule has 2 saturated carbocycles. The van der Waals surface area contributed by atoms with Crippen LogP contribution in [-0.2, 0) is 31.6 Å². The summed E-state index contributed by atoms with van der Waals surface area (Å²) in [6.45, 7) is 17.5. The van der Waals surface area contributed by atoms with Gasteiger partial charge in [0, 0.05) is 17.1 Å². The van der Waals surface area contributed by atoms with Crippen LogP contribution in [0.2, 0.25) is 0 Å². The van der Waals surface area contributed by atoms with Crippen LogP contribution in [0.15, 0.2) is 84.9 Å². The summed E-state index contributed by atoms with van der Waals surface area (Å²) >= 11 is 3.35. The van der Waals surface area contributed by atoms with Gasteiger partial charge in [0.2, 0.25) is 0 Å². The molecule has 0 aliphatic heterocycles. The van der Waals surface area contributed by atoms with Crippen molar-refractivity contribution in [1.82, 2.24) is 0 Å². The number of hydrogen-bond acceptors (Lipinski definition) is 1. The van der Waals surface area contributed by atoms with Crippen molar-refractivity contribution in [2.75, 3.05) is 0 Å². The third kappa shape index (κ3) is 14.1. The third-order valence-corrected chi connectivity index (χ3v) is 15.6. The minimum absolute atomic E-state index is 0. The molecule has 3 atom stereocenters. The van der Waals surface area contributed by atoms with Crippen molar-refractivity contribution in [3.63, 3.8) is 0 Å². The SMILES string of the molecule is C1CCCC1.C[C@H](C1CCCC1P(c1ccccc1)c1ccccc1)P(C(C)(C)C)C(C)(C)C.N#Cc1cc[c-]cc1.[Cl][Ni].[Fe]. The fourth-order valence-corrected chi connectivity index (χ4v) is 15.9. The quantitative estimate of drug-likeness (QED) is 0.145. The molecule has 2 fully saturated rings. The van der Waals surface area contributed by atoms with Gasteiger partial charge in [-0.15, -0.1) is 0 Å². The Morgan fingerprint density at radius 3 is 1.51 bits per heavy atom. The normalized spacial score (nSPS) is 18.2. The Morgan fingerprint density at radius 1 is 0.733 bits per heavy atom. The standard InChI is InChI=1S/C27H40P2.C7H4N.C5H10.ClH.Fe.Ni/c1-21(29(26(2,3)4)27(5,6)7)24-19-14-20-25(24)28(22-15-10-8-11-16-22)23-17-12-9-13-18-23;8-6-7-4-2-1-3-5-7;1-2-4-5-3-1;;;/h8-13,15-18,21,24-25H,14,19-20H2,1-7H3;2-5H;1-5H2;1H;;/q;-1;;;;+1/p-1/t21-,24?,25?;;;;;/m1...../s1. The smallest absolute Gasteiger partial charge is 0 e. The number of nitriles is 1. The summed E-state index contributed by atoms with van der Waals surface area (Å²) in [5.74, 6) is 0.839. The summed E-state index contributed by atoms with van der Waals surface area (Å²) in [6, 6.07) is 34.5. The second-order valence-corrected chi connectivity index (χ2v) is 20.5. The molecule has 45 heavy (non-hydrogen) atoms. The number of hydrogen-bond donors (Lipinski definition) is 0. The van der Waals surface area contributed by atoms with E-state index in [2.05, 4.69) is 140 Å². The molecule has 0 spiro atoms. The fraction of sp³-hybridized carbons (Fsp3) is 0.513. The van der Waals surface area contributed by atoms with Crippen LogP contribution in [0, 0.1) is 23.3 Å². The molecule has 0 aromatic heterocycles. The van der Waals surface area contributed by atoms with Crippen LogP contribution in [0.3, 0.4) is 0 Å². The molecule has 251 valence electrons. The van der Waals surface area contributed by atoms with E-state index >= 15 is 0 Å². The molecule has 5 rings (SSSR count). The van der Waals surface area contributed by atoms with Gasteiger partial charge in [-0.2, -0.15) is 35.6 Å². The predicted octanol–water partition coefficient (Wildman–Crippen LogP) is 11.7. The first-order chi connectivity index (χ1) is 21.0. The van der Waals surface area contributed by atoms with Gasteiger partial charge in [0.25, 0.3) is 0 Å². The molecule has 2 aliphatic rings. The number of halogens is 1. The first kappa shape index (κ1) is 42.3. The molecule has 6 heteroatoms. The van der Waals surface area contributed by atoms with Gasteiger partial charge in [0.1, 0.15) is 0 Å². The van der Waals surface area contributed by atoms with Crippen LogP contribution in [0.1, 0.15) is 105 Å². The molecular weight excluding hydrogens is 694 g/mol. The van der Waals surface area contributed by atoms with Crippen molar-refractivity contribution in [1.29, 1.82) is 5.26 Å². The maximum Gasteiger partial charge on any atom is 0 e. The Kier molecular flexibility index (Phi) is 20.7. The van der Waals surface area contributed by atoms with E-state index in [4.69, 9.17) is 5.26 Å². The summed E-state index contributed by atoms with van der Waals surface area (Å²) in [4.78, 5) is 0. The van der Waals surface area contributed by atoms with Gasteiger partial charge in [-0.1, -0.05) is 161 Å². The number of benzene rings is 3. The molecule has 0 bridgehead atoms. The second kappa shape index (κ2) is 22.0. The summed E-state index contributed by atoms with van der Waals surface area (Å²) in [6.07, 6.45) is 11.7. The predicted molar refractivity (Wildman–Crippen MR) is 195 cm³/mol. The van der Waals surface area contributed by atoms with E-state index in [1.54, 1.807) is 34.9 Å². The minimum atomic E-state index is -0.310. The maximum absolute atomic E-state index is 8.27. The first-order valence-electron chi connectivity index (χ1n) is 16.2. The first-order valence-corrected chi connectivity index (χ1v) is 20.4. The van der Waals surface area contributed by atoms with Crippen molar-refractivity contribution in [2.24, 2.45) is 5.92 Å². The molecule has 1 nitrogen and oxygen atoms in total. The van der Waals surface area contributed by atoms with E-state index in [-0.39, 0.29) is 32.9 Å².